The fraction of sp³-hybridized carbons (Fsp3) is 0.260. The number of benzene rings is 6. The lowest BCUT2D eigenvalue weighted by molar-refractivity contribution is 0.0956. The standard InChI is InChI=1S/C50H39NO/c52-50-37-16-15-36(34-13-7-8-14-35(34)37)40-25-42-44(26-41(40)50)51-43-18-17-33-31-20-27-19-28(21-31)23-32(22-27)45(33)48(43)47-39(30-11-5-2-6-12-30)24-38(46(42)49(47)51)29-9-3-1-4-10-29/h1-14,17-18,24-28,31-32,36-37H,15-16,19-23H2. The molecule has 0 N–H and O–H groups in total. The van der Waals surface area contributed by atoms with Crippen LogP contribution in [0.3, 0.4) is 0 Å². The number of ketones is 1. The van der Waals surface area contributed by atoms with Crippen molar-refractivity contribution in [2.45, 2.75) is 68.6 Å². The second-order valence-corrected chi connectivity index (χ2v) is 17.0. The molecule has 2 heteroatoms. The molecule has 0 aliphatic heterocycles. The summed E-state index contributed by atoms with van der Waals surface area (Å²) in [7, 11) is 0. The summed E-state index contributed by atoms with van der Waals surface area (Å²) in [6, 6.07) is 43.3. The molecular formula is C50H39NO. The number of nitrogens with zero attached hydrogens (tertiary/aromatic N) is 1. The largest absolute Gasteiger partial charge is 0.308 e. The van der Waals surface area contributed by atoms with Crippen molar-refractivity contribution in [3.63, 3.8) is 0 Å². The van der Waals surface area contributed by atoms with E-state index in [0.717, 1.165) is 30.2 Å². The molecule has 2 aromatic heterocycles. The van der Waals surface area contributed by atoms with E-state index in [1.54, 1.807) is 11.1 Å². The fourth-order valence-corrected chi connectivity index (χ4v) is 12.8. The highest BCUT2D eigenvalue weighted by Gasteiger charge is 2.44. The number of carbonyl (C=O) groups excluding carboxylic acids is 1. The molecule has 52 heavy (non-hydrogen) atoms. The average molecular weight is 670 g/mol. The van der Waals surface area contributed by atoms with E-state index < -0.39 is 0 Å². The summed E-state index contributed by atoms with van der Waals surface area (Å²) in [4.78, 5) is 14.7. The van der Waals surface area contributed by atoms with Crippen LogP contribution in [0.15, 0.2) is 115 Å². The fourth-order valence-electron chi connectivity index (χ4n) is 12.8. The average Bonchev–Trinajstić information content (AvgIpc) is 3.56. The second kappa shape index (κ2) is 10.0. The van der Waals surface area contributed by atoms with Gasteiger partial charge in [0.15, 0.2) is 5.78 Å². The summed E-state index contributed by atoms with van der Waals surface area (Å²) < 4.78 is 2.61. The van der Waals surface area contributed by atoms with Crippen LogP contribution in [0.2, 0.25) is 0 Å². The zero-order valence-electron chi connectivity index (χ0n) is 29.2. The number of hydrogen-bond acceptors (Lipinski definition) is 1. The van der Waals surface area contributed by atoms with Gasteiger partial charge in [0.1, 0.15) is 0 Å². The molecule has 250 valence electrons. The molecule has 0 saturated heterocycles. The quantitative estimate of drug-likeness (QED) is 0.179. The third-order valence-electron chi connectivity index (χ3n) is 14.6. The lowest BCUT2D eigenvalue weighted by Crippen LogP contribution is -2.25. The summed E-state index contributed by atoms with van der Waals surface area (Å²) in [5.74, 6) is 3.53. The Morgan fingerprint density at radius 2 is 1.12 bits per heavy atom. The topological polar surface area (TPSA) is 21.5 Å². The van der Waals surface area contributed by atoms with Gasteiger partial charge in [-0.25, -0.2) is 0 Å². The maximum absolute atomic E-state index is 14.7. The molecule has 0 amide bonds. The molecule has 2 fully saturated rings. The molecule has 7 aliphatic rings. The van der Waals surface area contributed by atoms with E-state index in [9.17, 15) is 4.79 Å². The van der Waals surface area contributed by atoms with E-state index in [4.69, 9.17) is 0 Å². The number of fused-ring (bicyclic) bond motifs is 7. The predicted molar refractivity (Wildman–Crippen MR) is 212 cm³/mol. The molecule has 2 saturated carbocycles. The number of Topliss-reactive ketones (excluding diaryl/α,β-unsaturated/α-hetero) is 1. The monoisotopic (exact) mass is 669 g/mol. The van der Waals surface area contributed by atoms with E-state index in [2.05, 4.69) is 120 Å². The van der Waals surface area contributed by atoms with E-state index in [1.807, 2.05) is 0 Å². The normalized spacial score (nSPS) is 25.6. The van der Waals surface area contributed by atoms with Crippen molar-refractivity contribution in [2.24, 2.45) is 11.8 Å². The molecule has 7 aliphatic carbocycles. The van der Waals surface area contributed by atoms with Crippen molar-refractivity contribution in [2.75, 3.05) is 0 Å². The highest BCUT2D eigenvalue weighted by Crippen LogP contribution is 2.60. The molecule has 15 rings (SSSR count). The molecule has 2 heterocycles. The molecule has 4 atom stereocenters. The second-order valence-electron chi connectivity index (χ2n) is 17.0. The van der Waals surface area contributed by atoms with Crippen LogP contribution in [0.4, 0.5) is 0 Å². The molecule has 0 radical (unpaired) electrons. The summed E-state index contributed by atoms with van der Waals surface area (Å²) in [5, 5.41) is 5.52. The van der Waals surface area contributed by atoms with Crippen LogP contribution in [0.5, 0.6) is 0 Å². The minimum Gasteiger partial charge on any atom is -0.308 e. The third kappa shape index (κ3) is 3.54. The Balaban J connectivity index is 1.24. The highest BCUT2D eigenvalue weighted by molar-refractivity contribution is 6.31. The zero-order valence-corrected chi connectivity index (χ0v) is 29.2. The molecule has 6 aromatic carbocycles. The highest BCUT2D eigenvalue weighted by atomic mass is 16.1. The molecule has 2 nitrogen and oxygen atoms in total. The van der Waals surface area contributed by atoms with Gasteiger partial charge in [-0.3, -0.25) is 4.79 Å². The van der Waals surface area contributed by atoms with E-state index in [1.165, 1.54) is 109 Å². The Bertz CT molecular complexity index is 2810. The predicted octanol–water partition coefficient (Wildman–Crippen LogP) is 12.8. The maximum atomic E-state index is 14.7. The number of carbonyl (C=O) groups is 1. The SMILES string of the molecule is O=C1c2cc3c(cc2C2CCC1c1ccccc12)c1c(-c2ccccc2)cc(-c2ccccc2)c2c4c5c(ccc4n3c12)C1CC2CC(C1)CC5C2. The van der Waals surface area contributed by atoms with Crippen molar-refractivity contribution in [1.29, 1.82) is 0 Å². The van der Waals surface area contributed by atoms with Gasteiger partial charge in [-0.15, -0.1) is 0 Å². The molecule has 0 spiro atoms. The van der Waals surface area contributed by atoms with Gasteiger partial charge in [0.2, 0.25) is 0 Å². The van der Waals surface area contributed by atoms with Crippen LogP contribution in [0.25, 0.3) is 60.3 Å². The first-order chi connectivity index (χ1) is 25.7. The Morgan fingerprint density at radius 1 is 0.481 bits per heavy atom. The van der Waals surface area contributed by atoms with Crippen molar-refractivity contribution in [3.8, 4) is 22.3 Å². The smallest absolute Gasteiger partial charge is 0.170 e. The van der Waals surface area contributed by atoms with E-state index in [0.29, 0.717) is 17.6 Å². The minimum atomic E-state index is -0.0528. The third-order valence-corrected chi connectivity index (χ3v) is 14.6. The first-order valence-electron chi connectivity index (χ1n) is 19.8. The molecule has 6 bridgehead atoms. The van der Waals surface area contributed by atoms with Crippen molar-refractivity contribution >= 4 is 43.9 Å². The van der Waals surface area contributed by atoms with Gasteiger partial charge in [0.05, 0.1) is 16.6 Å². The van der Waals surface area contributed by atoms with Gasteiger partial charge >= 0.3 is 0 Å². The van der Waals surface area contributed by atoms with Gasteiger partial charge in [0.25, 0.3) is 0 Å². The van der Waals surface area contributed by atoms with Crippen molar-refractivity contribution < 1.29 is 4.79 Å². The van der Waals surface area contributed by atoms with Crippen LogP contribution in [0.1, 0.15) is 107 Å². The van der Waals surface area contributed by atoms with Crippen LogP contribution in [-0.4, -0.2) is 10.2 Å². The van der Waals surface area contributed by atoms with Crippen molar-refractivity contribution in [1.82, 2.24) is 4.40 Å². The summed E-state index contributed by atoms with van der Waals surface area (Å²) in [6.07, 6.45) is 8.79. The Hall–Kier alpha value is -5.21. The van der Waals surface area contributed by atoms with Crippen LogP contribution < -0.4 is 0 Å². The minimum absolute atomic E-state index is 0.0528. The molecular weight excluding hydrogens is 631 g/mol. The zero-order chi connectivity index (χ0) is 33.8. The summed E-state index contributed by atoms with van der Waals surface area (Å²) in [5.41, 5.74) is 17.1. The maximum Gasteiger partial charge on any atom is 0.170 e. The van der Waals surface area contributed by atoms with Gasteiger partial charge in [-0.05, 0) is 143 Å². The van der Waals surface area contributed by atoms with Gasteiger partial charge < -0.3 is 4.40 Å². The van der Waals surface area contributed by atoms with Gasteiger partial charge in [0, 0.05) is 38.9 Å². The first-order valence-corrected chi connectivity index (χ1v) is 19.8. The van der Waals surface area contributed by atoms with Gasteiger partial charge in [-0.1, -0.05) is 91.0 Å². The summed E-state index contributed by atoms with van der Waals surface area (Å²) >= 11 is 0. The lowest BCUT2D eigenvalue weighted by Gasteiger charge is -2.38. The Labute approximate surface area is 303 Å². The van der Waals surface area contributed by atoms with E-state index >= 15 is 0 Å². The number of rotatable bonds is 2. The van der Waals surface area contributed by atoms with Crippen LogP contribution >= 0.6 is 0 Å². The number of hydrogen-bond donors (Lipinski definition) is 0. The Morgan fingerprint density at radius 3 is 1.85 bits per heavy atom. The van der Waals surface area contributed by atoms with Crippen molar-refractivity contribution in [3.05, 3.63) is 149 Å². The van der Waals surface area contributed by atoms with Crippen LogP contribution in [-0.2, 0) is 0 Å². The molecule has 8 aromatic rings. The van der Waals surface area contributed by atoms with E-state index in [-0.39, 0.29) is 11.8 Å². The first kappa shape index (κ1) is 28.4. The summed E-state index contributed by atoms with van der Waals surface area (Å²) in [6.45, 7) is 0. The number of aromatic nitrogens is 1. The molecule has 4 unspecified atom stereocenters. The Kier molecular flexibility index (Phi) is 5.46. The van der Waals surface area contributed by atoms with Crippen LogP contribution in [0, 0.1) is 11.8 Å². The lowest BCUT2D eigenvalue weighted by atomic mass is 9.67. The van der Waals surface area contributed by atoms with Gasteiger partial charge in [-0.2, -0.15) is 0 Å².